The summed E-state index contributed by atoms with van der Waals surface area (Å²) < 4.78 is 27.6. The van der Waals surface area contributed by atoms with Crippen LogP contribution in [0.2, 0.25) is 0 Å². The predicted molar refractivity (Wildman–Crippen MR) is 98.3 cm³/mol. The summed E-state index contributed by atoms with van der Waals surface area (Å²) in [6.45, 7) is 1.92. The lowest BCUT2D eigenvalue weighted by Crippen LogP contribution is -2.12. The average Bonchev–Trinajstić information content (AvgIpc) is 2.55. The first-order chi connectivity index (χ1) is 11.4. The number of benzene rings is 3. The molecule has 0 aromatic heterocycles. The zero-order valence-electron chi connectivity index (χ0n) is 13.2. The third-order valence-corrected chi connectivity index (χ3v) is 5.08. The number of sulfonamides is 1. The Kier molecular flexibility index (Phi) is 4.27. The summed E-state index contributed by atoms with van der Waals surface area (Å²) in [5.74, 6) is 0. The molecule has 0 aliphatic carbocycles. The highest BCUT2D eigenvalue weighted by Gasteiger charge is 2.14. The summed E-state index contributed by atoms with van der Waals surface area (Å²) in [5.41, 5.74) is 9.85. The highest BCUT2D eigenvalue weighted by Crippen LogP contribution is 2.23. The van der Waals surface area contributed by atoms with Gasteiger partial charge in [-0.3, -0.25) is 4.72 Å². The number of nitrogen functional groups attached to an aromatic ring is 1. The molecule has 4 nitrogen and oxygen atoms in total. The second-order valence-corrected chi connectivity index (χ2v) is 7.30. The second kappa shape index (κ2) is 6.37. The standard InChI is InChI=1S/C19H18N2O2S/c1-14-3-2-4-18(13-14)21-24(22,23)19-11-7-16(8-12-19)15-5-9-17(20)10-6-15/h2-13,21H,20H2,1H3. The Labute approximate surface area is 142 Å². The quantitative estimate of drug-likeness (QED) is 0.705. The van der Waals surface area contributed by atoms with Gasteiger partial charge in [-0.25, -0.2) is 8.42 Å². The van der Waals surface area contributed by atoms with Gasteiger partial charge in [0.15, 0.2) is 0 Å². The molecule has 0 radical (unpaired) electrons. The zero-order chi connectivity index (χ0) is 17.2. The molecule has 3 aromatic rings. The topological polar surface area (TPSA) is 72.2 Å². The monoisotopic (exact) mass is 338 g/mol. The van der Waals surface area contributed by atoms with E-state index in [1.807, 2.05) is 43.3 Å². The van der Waals surface area contributed by atoms with Crippen LogP contribution >= 0.6 is 0 Å². The minimum absolute atomic E-state index is 0.225. The van der Waals surface area contributed by atoms with E-state index >= 15 is 0 Å². The Morgan fingerprint density at radius 3 is 2.00 bits per heavy atom. The van der Waals surface area contributed by atoms with Gasteiger partial charge in [0.05, 0.1) is 4.90 Å². The maximum Gasteiger partial charge on any atom is 0.261 e. The van der Waals surface area contributed by atoms with E-state index in [0.29, 0.717) is 11.4 Å². The van der Waals surface area contributed by atoms with Crippen molar-refractivity contribution >= 4 is 21.4 Å². The SMILES string of the molecule is Cc1cccc(NS(=O)(=O)c2ccc(-c3ccc(N)cc3)cc2)c1. The largest absolute Gasteiger partial charge is 0.399 e. The van der Waals surface area contributed by atoms with E-state index in [0.717, 1.165) is 16.7 Å². The number of nitrogens with two attached hydrogens (primary N) is 1. The highest BCUT2D eigenvalue weighted by atomic mass is 32.2. The fraction of sp³-hybridized carbons (Fsp3) is 0.0526. The van der Waals surface area contributed by atoms with Crippen LogP contribution in [0.25, 0.3) is 11.1 Å². The van der Waals surface area contributed by atoms with Gasteiger partial charge in [0.1, 0.15) is 0 Å². The van der Waals surface area contributed by atoms with E-state index in [2.05, 4.69) is 4.72 Å². The molecule has 0 unspecified atom stereocenters. The summed E-state index contributed by atoms with van der Waals surface area (Å²) in [7, 11) is -3.61. The molecule has 0 heterocycles. The number of hydrogen-bond donors (Lipinski definition) is 2. The molecular weight excluding hydrogens is 320 g/mol. The van der Waals surface area contributed by atoms with Crippen LogP contribution in [0.15, 0.2) is 77.7 Å². The van der Waals surface area contributed by atoms with E-state index in [9.17, 15) is 8.42 Å². The number of aryl methyl sites for hydroxylation is 1. The third-order valence-electron chi connectivity index (χ3n) is 3.68. The lowest BCUT2D eigenvalue weighted by atomic mass is 10.1. The third kappa shape index (κ3) is 3.58. The molecule has 24 heavy (non-hydrogen) atoms. The molecule has 0 amide bonds. The average molecular weight is 338 g/mol. The maximum absolute atomic E-state index is 12.5. The molecule has 0 aliphatic heterocycles. The van der Waals surface area contributed by atoms with Crippen LogP contribution < -0.4 is 10.5 Å². The first kappa shape index (κ1) is 16.1. The van der Waals surface area contributed by atoms with E-state index < -0.39 is 10.0 Å². The summed E-state index contributed by atoms with van der Waals surface area (Å²) in [6, 6.07) is 21.5. The maximum atomic E-state index is 12.5. The molecule has 0 aliphatic rings. The van der Waals surface area contributed by atoms with Crippen molar-refractivity contribution in [2.45, 2.75) is 11.8 Å². The van der Waals surface area contributed by atoms with Gasteiger partial charge in [0.25, 0.3) is 10.0 Å². The number of rotatable bonds is 4. The minimum Gasteiger partial charge on any atom is -0.399 e. The van der Waals surface area contributed by atoms with Crippen LogP contribution in [0, 0.1) is 6.92 Å². The molecular formula is C19H18N2O2S. The van der Waals surface area contributed by atoms with Gasteiger partial charge >= 0.3 is 0 Å². The van der Waals surface area contributed by atoms with Crippen molar-refractivity contribution < 1.29 is 8.42 Å². The molecule has 0 spiro atoms. The van der Waals surface area contributed by atoms with Crippen molar-refractivity contribution in [3.05, 3.63) is 78.4 Å². The number of anilines is 2. The number of hydrogen-bond acceptors (Lipinski definition) is 3. The molecule has 0 saturated heterocycles. The van der Waals surface area contributed by atoms with Crippen LogP contribution in [-0.2, 0) is 10.0 Å². The number of nitrogens with one attached hydrogen (secondary N) is 1. The van der Waals surface area contributed by atoms with Gasteiger partial charge in [-0.15, -0.1) is 0 Å². The van der Waals surface area contributed by atoms with Crippen molar-refractivity contribution in [3.8, 4) is 11.1 Å². The van der Waals surface area contributed by atoms with Crippen LogP contribution in [0.5, 0.6) is 0 Å². The first-order valence-corrected chi connectivity index (χ1v) is 8.98. The molecule has 0 fully saturated rings. The molecule has 3 rings (SSSR count). The van der Waals surface area contributed by atoms with Crippen LogP contribution in [0.4, 0.5) is 11.4 Å². The van der Waals surface area contributed by atoms with Crippen LogP contribution in [-0.4, -0.2) is 8.42 Å². The lowest BCUT2D eigenvalue weighted by molar-refractivity contribution is 0.601. The predicted octanol–water partition coefficient (Wildman–Crippen LogP) is 4.05. The Bertz CT molecular complexity index is 947. The van der Waals surface area contributed by atoms with Crippen molar-refractivity contribution in [2.24, 2.45) is 0 Å². The van der Waals surface area contributed by atoms with Gasteiger partial charge in [0.2, 0.25) is 0 Å². The molecule has 5 heteroatoms. The lowest BCUT2D eigenvalue weighted by Gasteiger charge is -2.09. The molecule has 0 bridgehead atoms. The van der Waals surface area contributed by atoms with E-state index in [4.69, 9.17) is 5.73 Å². The van der Waals surface area contributed by atoms with Gasteiger partial charge in [-0.1, -0.05) is 36.4 Å². The second-order valence-electron chi connectivity index (χ2n) is 5.62. The Morgan fingerprint density at radius 2 is 1.42 bits per heavy atom. The summed E-state index contributed by atoms with van der Waals surface area (Å²) in [5, 5.41) is 0. The molecule has 0 atom stereocenters. The molecule has 0 saturated carbocycles. The van der Waals surface area contributed by atoms with E-state index in [-0.39, 0.29) is 4.90 Å². The highest BCUT2D eigenvalue weighted by molar-refractivity contribution is 7.92. The van der Waals surface area contributed by atoms with Crippen molar-refractivity contribution in [1.29, 1.82) is 0 Å². The summed E-state index contributed by atoms with van der Waals surface area (Å²) >= 11 is 0. The van der Waals surface area contributed by atoms with Gasteiger partial charge in [-0.05, 0) is 60.0 Å². The zero-order valence-corrected chi connectivity index (χ0v) is 14.0. The van der Waals surface area contributed by atoms with Crippen molar-refractivity contribution in [3.63, 3.8) is 0 Å². The molecule has 122 valence electrons. The molecule has 3 N–H and O–H groups in total. The Hall–Kier alpha value is -2.79. The van der Waals surface area contributed by atoms with Crippen molar-refractivity contribution in [2.75, 3.05) is 10.5 Å². The van der Waals surface area contributed by atoms with Gasteiger partial charge in [-0.2, -0.15) is 0 Å². The molecule has 3 aromatic carbocycles. The van der Waals surface area contributed by atoms with Gasteiger partial charge in [0, 0.05) is 11.4 Å². The van der Waals surface area contributed by atoms with E-state index in [1.54, 1.807) is 36.4 Å². The fourth-order valence-electron chi connectivity index (χ4n) is 2.42. The fourth-order valence-corrected chi connectivity index (χ4v) is 3.47. The Morgan fingerprint density at radius 1 is 0.833 bits per heavy atom. The normalized spacial score (nSPS) is 11.2. The summed E-state index contributed by atoms with van der Waals surface area (Å²) in [4.78, 5) is 0.225. The first-order valence-electron chi connectivity index (χ1n) is 7.49. The summed E-state index contributed by atoms with van der Waals surface area (Å²) in [6.07, 6.45) is 0. The van der Waals surface area contributed by atoms with Gasteiger partial charge < -0.3 is 5.73 Å². The van der Waals surface area contributed by atoms with E-state index in [1.165, 1.54) is 0 Å². The Balaban J connectivity index is 1.85. The minimum atomic E-state index is -3.61. The van der Waals surface area contributed by atoms with Crippen molar-refractivity contribution in [1.82, 2.24) is 0 Å². The van der Waals surface area contributed by atoms with Crippen LogP contribution in [0.1, 0.15) is 5.56 Å². The van der Waals surface area contributed by atoms with Crippen LogP contribution in [0.3, 0.4) is 0 Å². The smallest absolute Gasteiger partial charge is 0.261 e.